The molecule has 3 amide bonds. The summed E-state index contributed by atoms with van der Waals surface area (Å²) in [6, 6.07) is 13.5. The fraction of sp³-hybridized carbons (Fsp3) is 0.263. The molecule has 1 fully saturated rings. The summed E-state index contributed by atoms with van der Waals surface area (Å²) >= 11 is 0. The molecule has 3 rings (SSSR count). The van der Waals surface area contributed by atoms with E-state index in [1.165, 1.54) is 19.1 Å². The molecule has 2 aromatic carbocycles. The summed E-state index contributed by atoms with van der Waals surface area (Å²) in [7, 11) is -3.61. The minimum Gasteiger partial charge on any atom is -0.326 e. The Hall–Kier alpha value is -2.91. The van der Waals surface area contributed by atoms with Crippen LogP contribution in [0, 0.1) is 0 Å². The van der Waals surface area contributed by atoms with Crippen molar-refractivity contribution in [3.63, 3.8) is 0 Å². The van der Waals surface area contributed by atoms with Gasteiger partial charge in [-0.2, -0.15) is 0 Å². The zero-order chi connectivity index (χ0) is 20.1. The zero-order valence-corrected chi connectivity index (χ0v) is 16.1. The fourth-order valence-corrected chi connectivity index (χ4v) is 3.78. The summed E-state index contributed by atoms with van der Waals surface area (Å²) in [5.41, 5.74) is 0.939. The van der Waals surface area contributed by atoms with E-state index in [9.17, 15) is 18.0 Å². The van der Waals surface area contributed by atoms with Gasteiger partial charge < -0.3 is 16.0 Å². The van der Waals surface area contributed by atoms with Gasteiger partial charge in [-0.3, -0.25) is 4.79 Å². The molecule has 9 heteroatoms. The Morgan fingerprint density at radius 3 is 2.32 bits per heavy atom. The molecule has 0 spiro atoms. The van der Waals surface area contributed by atoms with Crippen LogP contribution in [0.4, 0.5) is 16.2 Å². The van der Waals surface area contributed by atoms with E-state index in [0.29, 0.717) is 11.4 Å². The van der Waals surface area contributed by atoms with E-state index >= 15 is 0 Å². The van der Waals surface area contributed by atoms with Crippen LogP contribution in [-0.4, -0.2) is 32.4 Å². The first-order valence-electron chi connectivity index (χ1n) is 8.89. The molecule has 1 atom stereocenters. The lowest BCUT2D eigenvalue weighted by Gasteiger charge is -2.15. The van der Waals surface area contributed by atoms with Gasteiger partial charge in [0.2, 0.25) is 15.9 Å². The summed E-state index contributed by atoms with van der Waals surface area (Å²) in [6.45, 7) is 1.54. The molecule has 0 heterocycles. The number of hydrogen-bond acceptors (Lipinski definition) is 4. The van der Waals surface area contributed by atoms with E-state index in [-0.39, 0.29) is 10.9 Å². The van der Waals surface area contributed by atoms with Gasteiger partial charge >= 0.3 is 6.03 Å². The second-order valence-electron chi connectivity index (χ2n) is 6.60. The number of nitrogens with one attached hydrogen (secondary N) is 4. The van der Waals surface area contributed by atoms with E-state index in [1.54, 1.807) is 36.4 Å². The highest BCUT2D eigenvalue weighted by Gasteiger charge is 2.28. The molecular weight excluding hydrogens is 380 g/mol. The van der Waals surface area contributed by atoms with Gasteiger partial charge in [0, 0.05) is 17.4 Å². The first-order valence-corrected chi connectivity index (χ1v) is 10.4. The van der Waals surface area contributed by atoms with Crippen molar-refractivity contribution in [1.29, 1.82) is 0 Å². The molecule has 2 aromatic rings. The average Bonchev–Trinajstić information content (AvgIpc) is 3.46. The van der Waals surface area contributed by atoms with Crippen LogP contribution in [-0.2, 0) is 14.8 Å². The average molecular weight is 402 g/mol. The van der Waals surface area contributed by atoms with Gasteiger partial charge in [0.25, 0.3) is 0 Å². The van der Waals surface area contributed by atoms with Crippen LogP contribution in [0.1, 0.15) is 19.8 Å². The monoisotopic (exact) mass is 402 g/mol. The second kappa shape index (κ2) is 8.41. The lowest BCUT2D eigenvalue weighted by Crippen LogP contribution is -2.43. The predicted molar refractivity (Wildman–Crippen MR) is 106 cm³/mol. The van der Waals surface area contributed by atoms with Crippen LogP contribution in [0.3, 0.4) is 0 Å². The van der Waals surface area contributed by atoms with Gasteiger partial charge in [-0.1, -0.05) is 24.3 Å². The molecule has 1 saturated carbocycles. The normalized spacial score (nSPS) is 14.8. The Morgan fingerprint density at radius 2 is 1.64 bits per heavy atom. The summed E-state index contributed by atoms with van der Waals surface area (Å²) in [4.78, 5) is 24.4. The summed E-state index contributed by atoms with van der Waals surface area (Å²) in [6.07, 6.45) is 1.67. The highest BCUT2D eigenvalue weighted by molar-refractivity contribution is 7.89. The highest BCUT2D eigenvalue weighted by atomic mass is 32.2. The Kier molecular flexibility index (Phi) is 5.96. The molecule has 8 nitrogen and oxygen atoms in total. The van der Waals surface area contributed by atoms with E-state index in [4.69, 9.17) is 0 Å². The zero-order valence-electron chi connectivity index (χ0n) is 15.3. The van der Waals surface area contributed by atoms with E-state index in [2.05, 4.69) is 20.7 Å². The third-order valence-corrected chi connectivity index (χ3v) is 5.60. The van der Waals surface area contributed by atoms with E-state index < -0.39 is 28.0 Å². The Labute approximate surface area is 163 Å². The van der Waals surface area contributed by atoms with E-state index in [1.807, 2.05) is 6.07 Å². The molecule has 0 aromatic heterocycles. The number of hydrogen-bond donors (Lipinski definition) is 4. The number of sulfonamides is 1. The Morgan fingerprint density at radius 1 is 0.964 bits per heavy atom. The molecule has 28 heavy (non-hydrogen) atoms. The summed E-state index contributed by atoms with van der Waals surface area (Å²) < 4.78 is 27.2. The Balaban J connectivity index is 1.57. The number of rotatable bonds is 7. The minimum absolute atomic E-state index is 0.00408. The molecule has 1 aliphatic carbocycles. The molecule has 148 valence electrons. The van der Waals surface area contributed by atoms with E-state index in [0.717, 1.165) is 12.8 Å². The smallest absolute Gasteiger partial charge is 0.319 e. The maximum atomic E-state index is 12.3. The molecule has 0 bridgehead atoms. The quantitative estimate of drug-likeness (QED) is 0.568. The highest BCUT2D eigenvalue weighted by Crippen LogP contribution is 2.23. The van der Waals surface area contributed by atoms with Crippen LogP contribution in [0.25, 0.3) is 0 Å². The Bertz CT molecular complexity index is 959. The molecule has 0 aliphatic heterocycles. The lowest BCUT2D eigenvalue weighted by atomic mass is 10.2. The third kappa shape index (κ3) is 5.54. The standard InChI is InChI=1S/C19H22N4O4S/c1-13(20-19(25)22-14-6-3-2-4-7-14)18(24)21-16-8-5-9-17(12-16)28(26,27)23-15-10-11-15/h2-9,12-13,15,23H,10-11H2,1H3,(H,21,24)(H2,20,22,25). The number of amides is 3. The van der Waals surface area contributed by atoms with Gasteiger partial charge in [-0.25, -0.2) is 17.9 Å². The van der Waals surface area contributed by atoms with Crippen LogP contribution in [0.15, 0.2) is 59.5 Å². The van der Waals surface area contributed by atoms with Gasteiger partial charge in [0.1, 0.15) is 6.04 Å². The summed E-state index contributed by atoms with van der Waals surface area (Å²) in [5.74, 6) is -0.465. The molecule has 0 saturated heterocycles. The van der Waals surface area contributed by atoms with Gasteiger partial charge in [-0.15, -0.1) is 0 Å². The summed E-state index contributed by atoms with van der Waals surface area (Å²) in [5, 5.41) is 7.78. The van der Waals surface area contributed by atoms with Crippen molar-refractivity contribution in [2.24, 2.45) is 0 Å². The number of para-hydroxylation sites is 1. The number of anilines is 2. The third-order valence-electron chi connectivity index (χ3n) is 4.08. The van der Waals surface area contributed by atoms with Crippen LogP contribution in [0.2, 0.25) is 0 Å². The number of benzene rings is 2. The number of carbonyl (C=O) groups is 2. The fourth-order valence-electron chi connectivity index (χ4n) is 2.43. The predicted octanol–water partition coefficient (Wildman–Crippen LogP) is 2.28. The second-order valence-corrected chi connectivity index (χ2v) is 8.31. The molecule has 1 aliphatic rings. The van der Waals surface area contributed by atoms with Crippen molar-refractivity contribution < 1.29 is 18.0 Å². The van der Waals surface area contributed by atoms with Gasteiger partial charge in [0.15, 0.2) is 0 Å². The largest absolute Gasteiger partial charge is 0.326 e. The topological polar surface area (TPSA) is 116 Å². The molecule has 4 N–H and O–H groups in total. The van der Waals surface area contributed by atoms with Crippen molar-refractivity contribution in [2.75, 3.05) is 10.6 Å². The van der Waals surface area contributed by atoms with Crippen molar-refractivity contribution in [3.05, 3.63) is 54.6 Å². The van der Waals surface area contributed by atoms with Crippen molar-refractivity contribution in [2.45, 2.75) is 36.7 Å². The SMILES string of the molecule is CC(NC(=O)Nc1ccccc1)C(=O)Nc1cccc(S(=O)(=O)NC2CC2)c1. The first kappa shape index (κ1) is 19.8. The lowest BCUT2D eigenvalue weighted by molar-refractivity contribution is -0.117. The number of urea groups is 1. The number of carbonyl (C=O) groups excluding carboxylic acids is 2. The van der Waals surface area contributed by atoms with Crippen molar-refractivity contribution in [1.82, 2.24) is 10.0 Å². The van der Waals surface area contributed by atoms with Crippen LogP contribution in [0.5, 0.6) is 0 Å². The van der Waals surface area contributed by atoms with Crippen LogP contribution < -0.4 is 20.7 Å². The van der Waals surface area contributed by atoms with Crippen molar-refractivity contribution >= 4 is 33.3 Å². The maximum Gasteiger partial charge on any atom is 0.319 e. The van der Waals surface area contributed by atoms with Crippen LogP contribution >= 0.6 is 0 Å². The maximum absolute atomic E-state index is 12.3. The molecular formula is C19H22N4O4S. The minimum atomic E-state index is -3.61. The van der Waals surface area contributed by atoms with Gasteiger partial charge in [-0.05, 0) is 50.1 Å². The molecule has 0 radical (unpaired) electrons. The molecule has 1 unspecified atom stereocenters. The van der Waals surface area contributed by atoms with Crippen molar-refractivity contribution in [3.8, 4) is 0 Å². The first-order chi connectivity index (χ1) is 13.3. The van der Waals surface area contributed by atoms with Gasteiger partial charge in [0.05, 0.1) is 4.90 Å².